The lowest BCUT2D eigenvalue weighted by Gasteiger charge is -2.31. The van der Waals surface area contributed by atoms with Crippen LogP contribution in [0, 0.1) is 12.8 Å². The number of aromatic nitrogens is 2. The quantitative estimate of drug-likeness (QED) is 0.817. The lowest BCUT2D eigenvalue weighted by Crippen LogP contribution is -2.42. The third-order valence-electron chi connectivity index (χ3n) is 4.69. The van der Waals surface area contributed by atoms with E-state index in [2.05, 4.69) is 10.4 Å². The van der Waals surface area contributed by atoms with Crippen molar-refractivity contribution in [2.24, 2.45) is 13.0 Å². The molecule has 138 valence electrons. The van der Waals surface area contributed by atoms with E-state index in [0.717, 1.165) is 30.5 Å². The maximum absolute atomic E-state index is 12.9. The number of hydrogen-bond donors (Lipinski definition) is 1. The number of carbonyl (C=O) groups excluding carboxylic acids is 2. The Kier molecular flexibility index (Phi) is 5.74. The van der Waals surface area contributed by atoms with Crippen molar-refractivity contribution < 1.29 is 9.59 Å². The van der Waals surface area contributed by atoms with Crippen LogP contribution in [-0.2, 0) is 11.8 Å². The Hall–Kier alpha value is -2.18. The number of aryl methyl sites for hydroxylation is 2. The van der Waals surface area contributed by atoms with Crippen molar-refractivity contribution in [3.8, 4) is 0 Å². The highest BCUT2D eigenvalue weighted by Crippen LogP contribution is 2.24. The summed E-state index contributed by atoms with van der Waals surface area (Å²) in [4.78, 5) is 27.2. The molecule has 2 heterocycles. The molecule has 1 saturated heterocycles. The van der Waals surface area contributed by atoms with Crippen LogP contribution in [0.25, 0.3) is 0 Å². The van der Waals surface area contributed by atoms with Gasteiger partial charge in [0.05, 0.1) is 18.4 Å². The molecule has 1 aromatic carbocycles. The van der Waals surface area contributed by atoms with Gasteiger partial charge >= 0.3 is 0 Å². The topological polar surface area (TPSA) is 67.2 Å². The van der Waals surface area contributed by atoms with Crippen LogP contribution >= 0.6 is 11.6 Å². The molecule has 0 bridgehead atoms. The molecule has 0 aliphatic carbocycles. The van der Waals surface area contributed by atoms with Crippen LogP contribution in [0.5, 0.6) is 0 Å². The van der Waals surface area contributed by atoms with E-state index in [1.165, 1.54) is 0 Å². The van der Waals surface area contributed by atoms with Gasteiger partial charge in [-0.3, -0.25) is 19.2 Å². The summed E-state index contributed by atoms with van der Waals surface area (Å²) in [5.41, 5.74) is 2.30. The van der Waals surface area contributed by atoms with E-state index >= 15 is 0 Å². The van der Waals surface area contributed by atoms with E-state index in [-0.39, 0.29) is 24.2 Å². The first-order valence-corrected chi connectivity index (χ1v) is 9.11. The standard InChI is InChI=1S/C19H23ClN4O2/c1-13-8-15(20)5-6-17(13)19(26)14-4-3-7-24(10-14)12-18(25)22-16-9-21-23(2)11-16/h5-6,8-9,11,14H,3-4,7,10,12H2,1-2H3,(H,22,25). The summed E-state index contributed by atoms with van der Waals surface area (Å²) < 4.78 is 1.64. The maximum Gasteiger partial charge on any atom is 0.238 e. The zero-order chi connectivity index (χ0) is 18.7. The first-order chi connectivity index (χ1) is 12.4. The molecule has 1 aliphatic rings. The summed E-state index contributed by atoms with van der Waals surface area (Å²) in [6.07, 6.45) is 5.12. The van der Waals surface area contributed by atoms with Crippen LogP contribution in [0.15, 0.2) is 30.6 Å². The van der Waals surface area contributed by atoms with Crippen molar-refractivity contribution in [3.05, 3.63) is 46.7 Å². The van der Waals surface area contributed by atoms with Gasteiger partial charge < -0.3 is 5.32 Å². The molecule has 1 N–H and O–H groups in total. The zero-order valence-corrected chi connectivity index (χ0v) is 15.8. The van der Waals surface area contributed by atoms with Crippen molar-refractivity contribution in [2.45, 2.75) is 19.8 Å². The maximum atomic E-state index is 12.9. The molecule has 0 saturated carbocycles. The number of carbonyl (C=O) groups is 2. The minimum atomic E-state index is -0.0891. The number of hydrogen-bond acceptors (Lipinski definition) is 4. The zero-order valence-electron chi connectivity index (χ0n) is 15.0. The van der Waals surface area contributed by atoms with Crippen molar-refractivity contribution in [1.29, 1.82) is 0 Å². The molecule has 1 atom stereocenters. The molecule has 7 heteroatoms. The van der Waals surface area contributed by atoms with Crippen LogP contribution in [0.2, 0.25) is 5.02 Å². The molecule has 6 nitrogen and oxygen atoms in total. The first-order valence-electron chi connectivity index (χ1n) is 8.73. The highest BCUT2D eigenvalue weighted by atomic mass is 35.5. The minimum Gasteiger partial charge on any atom is -0.322 e. The molecular weight excluding hydrogens is 352 g/mol. The van der Waals surface area contributed by atoms with Gasteiger partial charge in [0.25, 0.3) is 0 Å². The number of nitrogens with one attached hydrogen (secondary N) is 1. The number of piperidine rings is 1. The second kappa shape index (κ2) is 8.01. The molecule has 1 unspecified atom stereocenters. The van der Waals surface area contributed by atoms with Crippen molar-refractivity contribution in [1.82, 2.24) is 14.7 Å². The fourth-order valence-corrected chi connectivity index (χ4v) is 3.65. The van der Waals surface area contributed by atoms with Gasteiger partial charge in [0, 0.05) is 36.3 Å². The number of Topliss-reactive ketones (excluding diaryl/α,β-unsaturated/α-hetero) is 1. The third kappa shape index (κ3) is 4.51. The van der Waals surface area contributed by atoms with Gasteiger partial charge in [0.1, 0.15) is 0 Å². The highest BCUT2D eigenvalue weighted by Gasteiger charge is 2.28. The first kappa shape index (κ1) is 18.6. The molecule has 1 aromatic heterocycles. The number of rotatable bonds is 5. The molecule has 26 heavy (non-hydrogen) atoms. The Balaban J connectivity index is 1.59. The number of ketones is 1. The minimum absolute atomic E-state index is 0.0881. The lowest BCUT2D eigenvalue weighted by molar-refractivity contribution is -0.117. The molecular formula is C19H23ClN4O2. The Labute approximate surface area is 158 Å². The molecule has 0 radical (unpaired) electrons. The number of benzene rings is 1. The summed E-state index contributed by atoms with van der Waals surface area (Å²) in [6, 6.07) is 5.37. The Morgan fingerprint density at radius 1 is 1.38 bits per heavy atom. The molecule has 0 spiro atoms. The number of anilines is 1. The predicted molar refractivity (Wildman–Crippen MR) is 102 cm³/mol. The fraction of sp³-hybridized carbons (Fsp3) is 0.421. The monoisotopic (exact) mass is 374 g/mol. The third-order valence-corrected chi connectivity index (χ3v) is 4.92. The Morgan fingerprint density at radius 2 is 2.19 bits per heavy atom. The number of halogens is 1. The van der Waals surface area contributed by atoms with E-state index in [1.54, 1.807) is 36.3 Å². The smallest absolute Gasteiger partial charge is 0.238 e. The number of likely N-dealkylation sites (tertiary alicyclic amines) is 1. The van der Waals surface area contributed by atoms with Gasteiger partial charge in [0.2, 0.25) is 5.91 Å². The van der Waals surface area contributed by atoms with E-state index in [1.807, 2.05) is 17.9 Å². The Bertz CT molecular complexity index is 818. The molecule has 3 rings (SSSR count). The van der Waals surface area contributed by atoms with Gasteiger partial charge in [0.15, 0.2) is 5.78 Å². The Morgan fingerprint density at radius 3 is 2.88 bits per heavy atom. The normalized spacial score (nSPS) is 17.9. The second-order valence-corrected chi connectivity index (χ2v) is 7.29. The van der Waals surface area contributed by atoms with Crippen molar-refractivity contribution in [2.75, 3.05) is 25.0 Å². The van der Waals surface area contributed by atoms with Crippen LogP contribution in [0.4, 0.5) is 5.69 Å². The van der Waals surface area contributed by atoms with Crippen LogP contribution in [-0.4, -0.2) is 46.0 Å². The van der Waals surface area contributed by atoms with Crippen molar-refractivity contribution >= 4 is 29.0 Å². The summed E-state index contributed by atoms with van der Waals surface area (Å²) in [5, 5.41) is 7.51. The fourth-order valence-electron chi connectivity index (χ4n) is 3.43. The number of amides is 1. The van der Waals surface area contributed by atoms with Crippen LogP contribution in [0.1, 0.15) is 28.8 Å². The average Bonchev–Trinajstić information content (AvgIpc) is 2.99. The summed E-state index contributed by atoms with van der Waals surface area (Å²) in [6.45, 7) is 3.60. The van der Waals surface area contributed by atoms with E-state index < -0.39 is 0 Å². The van der Waals surface area contributed by atoms with Gasteiger partial charge in [-0.15, -0.1) is 0 Å². The average molecular weight is 375 g/mol. The van der Waals surface area contributed by atoms with Crippen LogP contribution in [0.3, 0.4) is 0 Å². The summed E-state index contributed by atoms with van der Waals surface area (Å²) >= 11 is 5.99. The van der Waals surface area contributed by atoms with Crippen molar-refractivity contribution in [3.63, 3.8) is 0 Å². The van der Waals surface area contributed by atoms with E-state index in [9.17, 15) is 9.59 Å². The predicted octanol–water partition coefficient (Wildman–Crippen LogP) is 2.92. The van der Waals surface area contributed by atoms with Gasteiger partial charge in [-0.05, 0) is 50.1 Å². The molecule has 1 aliphatic heterocycles. The van der Waals surface area contributed by atoms with Crippen LogP contribution < -0.4 is 5.32 Å². The largest absolute Gasteiger partial charge is 0.322 e. The van der Waals surface area contributed by atoms with E-state index in [4.69, 9.17) is 11.6 Å². The molecule has 2 aromatic rings. The highest BCUT2D eigenvalue weighted by molar-refractivity contribution is 6.30. The lowest BCUT2D eigenvalue weighted by atomic mass is 9.88. The van der Waals surface area contributed by atoms with Gasteiger partial charge in [-0.2, -0.15) is 5.10 Å². The molecule has 1 amide bonds. The summed E-state index contributed by atoms with van der Waals surface area (Å²) in [7, 11) is 1.80. The number of nitrogens with zero attached hydrogens (tertiary/aromatic N) is 3. The van der Waals surface area contributed by atoms with Gasteiger partial charge in [-0.25, -0.2) is 0 Å². The SMILES string of the molecule is Cc1cc(Cl)ccc1C(=O)C1CCCN(CC(=O)Nc2cnn(C)c2)C1. The second-order valence-electron chi connectivity index (χ2n) is 6.85. The van der Waals surface area contributed by atoms with Gasteiger partial charge in [-0.1, -0.05) is 11.6 Å². The molecule has 1 fully saturated rings. The summed E-state index contributed by atoms with van der Waals surface area (Å²) in [5.74, 6) is -0.0416. The van der Waals surface area contributed by atoms with E-state index in [0.29, 0.717) is 17.3 Å².